The molecule has 28 heavy (non-hydrogen) atoms. The van der Waals surface area contributed by atoms with Crippen LogP contribution in [0.1, 0.15) is 0 Å². The molecule has 0 saturated carbocycles. The molecule has 2 aromatic heterocycles. The van der Waals surface area contributed by atoms with Crippen molar-refractivity contribution in [3.05, 3.63) is 34.4 Å². The van der Waals surface area contributed by atoms with Gasteiger partial charge in [0.2, 0.25) is 16.0 Å². The maximum atomic E-state index is 12.9. The molecule has 2 N–H and O–H groups in total. The van der Waals surface area contributed by atoms with Crippen molar-refractivity contribution in [2.24, 2.45) is 7.05 Å². The summed E-state index contributed by atoms with van der Waals surface area (Å²) in [7, 11) is -1.89. The standard InChI is InChI=1S/C16H17Cl2N7O2S/c1-23-15-11(9-20-23)14(19)21-16(22-15)24-4-6-25(7-5-24)28(26,27)10-2-3-12(17)13(18)8-10/h2-3,8-9H,4-7H2,1H3,(H2,19,21,22). The number of nitrogens with two attached hydrogens (primary N) is 1. The van der Waals surface area contributed by atoms with Gasteiger partial charge in [-0.05, 0) is 18.2 Å². The summed E-state index contributed by atoms with van der Waals surface area (Å²) in [6, 6.07) is 4.30. The van der Waals surface area contributed by atoms with Crippen LogP contribution in [0.15, 0.2) is 29.3 Å². The van der Waals surface area contributed by atoms with Crippen LogP contribution in [0.3, 0.4) is 0 Å². The predicted molar refractivity (Wildman–Crippen MR) is 108 cm³/mol. The van der Waals surface area contributed by atoms with E-state index in [4.69, 9.17) is 28.9 Å². The number of hydrogen-bond acceptors (Lipinski definition) is 7. The zero-order chi connectivity index (χ0) is 20.1. The fourth-order valence-electron chi connectivity index (χ4n) is 3.09. The number of benzene rings is 1. The van der Waals surface area contributed by atoms with Crippen LogP contribution in [-0.2, 0) is 17.1 Å². The maximum absolute atomic E-state index is 12.9. The Hall–Kier alpha value is -2.14. The van der Waals surface area contributed by atoms with Gasteiger partial charge in [-0.25, -0.2) is 8.42 Å². The van der Waals surface area contributed by atoms with Crippen molar-refractivity contribution in [1.29, 1.82) is 0 Å². The topological polar surface area (TPSA) is 110 Å². The number of piperazine rings is 1. The molecule has 0 unspecified atom stereocenters. The average molecular weight is 442 g/mol. The van der Waals surface area contributed by atoms with Gasteiger partial charge in [-0.3, -0.25) is 4.68 Å². The first-order valence-electron chi connectivity index (χ1n) is 8.43. The van der Waals surface area contributed by atoms with Crippen LogP contribution in [0.4, 0.5) is 11.8 Å². The summed E-state index contributed by atoms with van der Waals surface area (Å²) >= 11 is 11.9. The minimum atomic E-state index is -3.66. The minimum Gasteiger partial charge on any atom is -0.383 e. The Morgan fingerprint density at radius 3 is 2.46 bits per heavy atom. The van der Waals surface area contributed by atoms with E-state index in [1.54, 1.807) is 17.9 Å². The van der Waals surface area contributed by atoms with E-state index in [2.05, 4.69) is 15.1 Å². The van der Waals surface area contributed by atoms with Crippen molar-refractivity contribution in [3.63, 3.8) is 0 Å². The van der Waals surface area contributed by atoms with Crippen molar-refractivity contribution < 1.29 is 8.42 Å². The summed E-state index contributed by atoms with van der Waals surface area (Å²) < 4.78 is 28.8. The van der Waals surface area contributed by atoms with Crippen molar-refractivity contribution in [3.8, 4) is 0 Å². The summed E-state index contributed by atoms with van der Waals surface area (Å²) in [5.74, 6) is 0.805. The molecule has 0 amide bonds. The molecule has 3 aromatic rings. The maximum Gasteiger partial charge on any atom is 0.243 e. The highest BCUT2D eigenvalue weighted by Crippen LogP contribution is 2.28. The molecule has 1 saturated heterocycles. The number of nitrogen functional groups attached to an aromatic ring is 1. The molecule has 1 aliphatic heterocycles. The first-order valence-corrected chi connectivity index (χ1v) is 10.6. The smallest absolute Gasteiger partial charge is 0.243 e. The van der Waals surface area contributed by atoms with E-state index in [0.29, 0.717) is 40.9 Å². The Bertz CT molecular complexity index is 1160. The third kappa shape index (κ3) is 3.26. The molecular formula is C16H17Cl2N7O2S. The van der Waals surface area contributed by atoms with E-state index < -0.39 is 10.0 Å². The Kier molecular flexibility index (Phi) is 4.82. The van der Waals surface area contributed by atoms with Gasteiger partial charge in [-0.1, -0.05) is 23.2 Å². The number of nitrogens with zero attached hydrogens (tertiary/aromatic N) is 6. The number of hydrogen-bond donors (Lipinski definition) is 1. The van der Waals surface area contributed by atoms with Crippen molar-refractivity contribution >= 4 is 56.0 Å². The molecule has 1 fully saturated rings. The number of halogens is 2. The Morgan fingerprint density at radius 1 is 1.07 bits per heavy atom. The van der Waals surface area contributed by atoms with Gasteiger partial charge in [0.05, 0.1) is 26.5 Å². The average Bonchev–Trinajstić information content (AvgIpc) is 3.05. The van der Waals surface area contributed by atoms with Crippen LogP contribution < -0.4 is 10.6 Å². The van der Waals surface area contributed by atoms with E-state index in [-0.39, 0.29) is 23.0 Å². The molecule has 148 valence electrons. The van der Waals surface area contributed by atoms with E-state index in [0.717, 1.165) is 0 Å². The first-order chi connectivity index (χ1) is 13.3. The molecule has 1 aliphatic rings. The van der Waals surface area contributed by atoms with Gasteiger partial charge in [-0.15, -0.1) is 0 Å². The summed E-state index contributed by atoms with van der Waals surface area (Å²) in [6.07, 6.45) is 1.62. The molecule has 1 aromatic carbocycles. The number of aromatic nitrogens is 4. The van der Waals surface area contributed by atoms with E-state index in [9.17, 15) is 8.42 Å². The summed E-state index contributed by atoms with van der Waals surface area (Å²) in [5.41, 5.74) is 6.65. The number of rotatable bonds is 3. The van der Waals surface area contributed by atoms with Gasteiger partial charge < -0.3 is 10.6 Å². The summed E-state index contributed by atoms with van der Waals surface area (Å²) in [4.78, 5) is 10.9. The lowest BCUT2D eigenvalue weighted by atomic mass is 10.3. The van der Waals surface area contributed by atoms with E-state index >= 15 is 0 Å². The largest absolute Gasteiger partial charge is 0.383 e. The highest BCUT2D eigenvalue weighted by Gasteiger charge is 2.30. The Morgan fingerprint density at radius 2 is 1.79 bits per heavy atom. The fourth-order valence-corrected chi connectivity index (χ4v) is 4.90. The second kappa shape index (κ2) is 7.03. The van der Waals surface area contributed by atoms with Gasteiger partial charge in [0, 0.05) is 33.2 Å². The molecule has 0 atom stereocenters. The van der Waals surface area contributed by atoms with Gasteiger partial charge >= 0.3 is 0 Å². The number of sulfonamides is 1. The zero-order valence-corrected chi connectivity index (χ0v) is 17.2. The highest BCUT2D eigenvalue weighted by molar-refractivity contribution is 7.89. The SMILES string of the molecule is Cn1ncc2c(N)nc(N3CCN(S(=O)(=O)c4ccc(Cl)c(Cl)c4)CC3)nc21. The van der Waals surface area contributed by atoms with Gasteiger partial charge in [0.15, 0.2) is 5.65 Å². The van der Waals surface area contributed by atoms with Gasteiger partial charge in [0.25, 0.3) is 0 Å². The van der Waals surface area contributed by atoms with Crippen LogP contribution in [0, 0.1) is 0 Å². The van der Waals surface area contributed by atoms with Crippen LogP contribution in [0.2, 0.25) is 10.0 Å². The monoisotopic (exact) mass is 441 g/mol. The van der Waals surface area contributed by atoms with Crippen molar-refractivity contribution in [2.75, 3.05) is 36.8 Å². The highest BCUT2D eigenvalue weighted by atomic mass is 35.5. The van der Waals surface area contributed by atoms with Gasteiger partial charge in [-0.2, -0.15) is 19.4 Å². The van der Waals surface area contributed by atoms with Gasteiger partial charge in [0.1, 0.15) is 5.82 Å². The molecule has 3 heterocycles. The lowest BCUT2D eigenvalue weighted by molar-refractivity contribution is 0.382. The van der Waals surface area contributed by atoms with Crippen LogP contribution in [-0.4, -0.2) is 58.7 Å². The first kappa shape index (κ1) is 19.2. The lowest BCUT2D eigenvalue weighted by Crippen LogP contribution is -2.49. The normalized spacial score (nSPS) is 16.0. The lowest BCUT2D eigenvalue weighted by Gasteiger charge is -2.34. The quantitative estimate of drug-likeness (QED) is 0.658. The molecule has 9 nitrogen and oxygen atoms in total. The Balaban J connectivity index is 1.54. The third-order valence-corrected chi connectivity index (χ3v) is 7.29. The zero-order valence-electron chi connectivity index (χ0n) is 14.9. The molecular weight excluding hydrogens is 425 g/mol. The summed E-state index contributed by atoms with van der Waals surface area (Å²) in [6.45, 7) is 1.44. The van der Waals surface area contributed by atoms with Crippen molar-refractivity contribution in [1.82, 2.24) is 24.1 Å². The molecule has 12 heteroatoms. The Labute approximate surface area is 171 Å². The molecule has 4 rings (SSSR count). The second-order valence-corrected chi connectivity index (χ2v) is 9.13. The number of fused-ring (bicyclic) bond motifs is 1. The summed E-state index contributed by atoms with van der Waals surface area (Å²) in [5, 5.41) is 5.34. The van der Waals surface area contributed by atoms with E-state index in [1.165, 1.54) is 22.5 Å². The fraction of sp³-hybridized carbons (Fsp3) is 0.312. The van der Waals surface area contributed by atoms with Crippen molar-refractivity contribution in [2.45, 2.75) is 4.90 Å². The molecule has 0 aliphatic carbocycles. The second-order valence-electron chi connectivity index (χ2n) is 6.38. The molecule has 0 bridgehead atoms. The third-order valence-electron chi connectivity index (χ3n) is 4.66. The van der Waals surface area contributed by atoms with Crippen LogP contribution in [0.5, 0.6) is 0 Å². The van der Waals surface area contributed by atoms with Crippen LogP contribution in [0.25, 0.3) is 11.0 Å². The predicted octanol–water partition coefficient (Wildman–Crippen LogP) is 1.76. The van der Waals surface area contributed by atoms with Crippen LogP contribution >= 0.6 is 23.2 Å². The minimum absolute atomic E-state index is 0.118. The number of anilines is 2. The molecule has 0 spiro atoms. The number of aryl methyl sites for hydroxylation is 1. The van der Waals surface area contributed by atoms with E-state index in [1.807, 2.05) is 4.90 Å². The molecule has 0 radical (unpaired) electrons.